The molecular formula is C56H71IrN2OS-. The van der Waals surface area contributed by atoms with Gasteiger partial charge in [-0.15, -0.1) is 40.5 Å². The summed E-state index contributed by atoms with van der Waals surface area (Å²) in [6.45, 7) is 25.3. The van der Waals surface area contributed by atoms with Crippen molar-refractivity contribution < 1.29 is 25.2 Å². The Labute approximate surface area is 385 Å². The Morgan fingerprint density at radius 2 is 1.49 bits per heavy atom. The fraction of sp³-hybridized carbons (Fsp3) is 0.500. The number of allylic oxidation sites excluding steroid dienone is 2. The van der Waals surface area contributed by atoms with E-state index in [0.717, 1.165) is 48.0 Å². The molecule has 2 aliphatic carbocycles. The summed E-state index contributed by atoms with van der Waals surface area (Å²) in [6, 6.07) is 26.9. The molecule has 61 heavy (non-hydrogen) atoms. The van der Waals surface area contributed by atoms with Gasteiger partial charge in [-0.3, -0.25) is 9.98 Å². The number of aliphatic imine (C=N–C) groups is 1. The molecule has 1 N–H and O–H groups in total. The average molecular weight is 1010 g/mol. The van der Waals surface area contributed by atoms with E-state index in [9.17, 15) is 5.11 Å². The van der Waals surface area contributed by atoms with Crippen molar-refractivity contribution in [3.05, 3.63) is 101 Å². The molecule has 0 amide bonds. The van der Waals surface area contributed by atoms with Crippen LogP contribution in [0.1, 0.15) is 163 Å². The van der Waals surface area contributed by atoms with Crippen molar-refractivity contribution in [1.82, 2.24) is 4.98 Å². The standard InChI is InChI=1S/C37H36NS.C19H35NO.Ir/c1-35(2,3)30-19-24(18-22-10-8-9-11-25(22)30)33-27-21-28-26-12-13-29-32(37(6,7)16-15-36(29,4)5)34(26)39-31(28)20-23(27)14-17-38-33;1-5-15(6-2)18(14-19(21)16(7-3)8-4)20-17-12-10-9-11-13-17;/h8-14,17,19-21H,15-16H2,1-7H3;14-17,21H,5-13H2,1-4H3;/q-1;;/b;19-14-,20-18?;. The van der Waals surface area contributed by atoms with Crippen molar-refractivity contribution >= 4 is 58.8 Å². The summed E-state index contributed by atoms with van der Waals surface area (Å²) in [4.78, 5) is 10.0. The number of thiophene rings is 1. The number of benzene rings is 4. The van der Waals surface area contributed by atoms with Crippen molar-refractivity contribution in [1.29, 1.82) is 0 Å². The van der Waals surface area contributed by atoms with Crippen LogP contribution in [0.15, 0.2) is 83.7 Å². The number of hydrogen-bond acceptors (Lipinski definition) is 4. The maximum Gasteiger partial charge on any atom is 0.0971 e. The van der Waals surface area contributed by atoms with Crippen molar-refractivity contribution in [3.63, 3.8) is 0 Å². The summed E-state index contributed by atoms with van der Waals surface area (Å²) in [7, 11) is 0. The van der Waals surface area contributed by atoms with Gasteiger partial charge in [-0.2, -0.15) is 0 Å². The Balaban J connectivity index is 0.000000242. The maximum absolute atomic E-state index is 10.4. The summed E-state index contributed by atoms with van der Waals surface area (Å²) in [5.41, 5.74) is 8.09. The number of pyridine rings is 1. The van der Waals surface area contributed by atoms with Crippen LogP contribution in [0.4, 0.5) is 0 Å². The van der Waals surface area contributed by atoms with E-state index in [1.807, 2.05) is 23.6 Å². The van der Waals surface area contributed by atoms with Gasteiger partial charge in [-0.25, -0.2) is 0 Å². The molecule has 5 heteroatoms. The van der Waals surface area contributed by atoms with Crippen LogP contribution in [0.5, 0.6) is 0 Å². The van der Waals surface area contributed by atoms with Gasteiger partial charge in [0.25, 0.3) is 0 Å². The topological polar surface area (TPSA) is 45.5 Å². The predicted molar refractivity (Wildman–Crippen MR) is 264 cm³/mol. The van der Waals surface area contributed by atoms with Crippen LogP contribution in [0.25, 0.3) is 53.0 Å². The third-order valence-corrected chi connectivity index (χ3v) is 15.3. The van der Waals surface area contributed by atoms with Crippen molar-refractivity contribution in [2.45, 2.75) is 169 Å². The number of aromatic nitrogens is 1. The zero-order valence-electron chi connectivity index (χ0n) is 39.0. The molecule has 0 unspecified atom stereocenters. The number of aliphatic hydroxyl groups is 1. The van der Waals surface area contributed by atoms with Crippen LogP contribution in [0.3, 0.4) is 0 Å². The third-order valence-electron chi connectivity index (χ3n) is 14.2. The van der Waals surface area contributed by atoms with Gasteiger partial charge < -0.3 is 5.11 Å². The van der Waals surface area contributed by atoms with E-state index >= 15 is 0 Å². The molecule has 1 fully saturated rings. The Morgan fingerprint density at radius 1 is 0.820 bits per heavy atom. The summed E-state index contributed by atoms with van der Waals surface area (Å²) < 4.78 is 2.83. The summed E-state index contributed by atoms with van der Waals surface area (Å²) in [5.74, 6) is 1.32. The zero-order valence-corrected chi connectivity index (χ0v) is 42.2. The second-order valence-electron chi connectivity index (χ2n) is 20.3. The summed E-state index contributed by atoms with van der Waals surface area (Å²) >= 11 is 1.98. The minimum absolute atomic E-state index is 0. The van der Waals surface area contributed by atoms with E-state index < -0.39 is 0 Å². The fourth-order valence-electron chi connectivity index (χ4n) is 10.2. The summed E-state index contributed by atoms with van der Waals surface area (Å²) in [6.07, 6.45) is 17.1. The molecule has 1 saturated carbocycles. The van der Waals surface area contributed by atoms with E-state index in [4.69, 9.17) is 9.98 Å². The van der Waals surface area contributed by atoms with Crippen molar-refractivity contribution in [2.75, 3.05) is 0 Å². The van der Waals surface area contributed by atoms with Gasteiger partial charge in [0.15, 0.2) is 0 Å². The molecule has 0 atom stereocenters. The first-order chi connectivity index (χ1) is 28.6. The monoisotopic (exact) mass is 1010 g/mol. The van der Waals surface area contributed by atoms with Gasteiger partial charge >= 0.3 is 0 Å². The van der Waals surface area contributed by atoms with Crippen LogP contribution in [-0.4, -0.2) is 21.8 Å². The van der Waals surface area contributed by atoms with Crippen LogP contribution in [-0.2, 0) is 36.4 Å². The Morgan fingerprint density at radius 3 is 2.16 bits per heavy atom. The fourth-order valence-corrected chi connectivity index (χ4v) is 11.6. The van der Waals surface area contributed by atoms with Gasteiger partial charge in [0.1, 0.15) is 0 Å². The first-order valence-corrected chi connectivity index (χ1v) is 24.1. The van der Waals surface area contributed by atoms with Crippen LogP contribution < -0.4 is 0 Å². The number of hydrogen-bond donors (Lipinski definition) is 1. The average Bonchev–Trinajstić information content (AvgIpc) is 3.59. The maximum atomic E-state index is 10.4. The zero-order chi connectivity index (χ0) is 43.0. The third kappa shape index (κ3) is 9.75. The Bertz CT molecular complexity index is 2540. The van der Waals surface area contributed by atoms with Crippen molar-refractivity contribution in [3.8, 4) is 11.3 Å². The van der Waals surface area contributed by atoms with Gasteiger partial charge in [0, 0.05) is 69.7 Å². The first kappa shape index (κ1) is 47.1. The number of nitrogens with zero attached hydrogens (tertiary/aromatic N) is 2. The van der Waals surface area contributed by atoms with Gasteiger partial charge in [-0.05, 0) is 108 Å². The molecular weight excluding hydrogens is 941 g/mol. The second-order valence-corrected chi connectivity index (χ2v) is 21.4. The van der Waals surface area contributed by atoms with Crippen molar-refractivity contribution in [2.24, 2.45) is 16.8 Å². The molecule has 2 heterocycles. The molecule has 0 spiro atoms. The van der Waals surface area contributed by atoms with E-state index in [-0.39, 0.29) is 42.3 Å². The number of aliphatic hydroxyl groups excluding tert-OH is 1. The molecule has 0 aliphatic heterocycles. The molecule has 3 nitrogen and oxygen atoms in total. The van der Waals surface area contributed by atoms with Crippen LogP contribution in [0, 0.1) is 17.9 Å². The smallest absolute Gasteiger partial charge is 0.0971 e. The SMILES string of the molecule is CC(C)(C)c1cc(-c2nccc3cc4sc5c6c(ccc5c4cc23)C(C)(C)CCC6(C)C)[c-]c2ccccc12.CCC(CC)C(/C=C(\O)C(CC)CC)=NC1CCCCC1.[Ir]. The van der Waals surface area contributed by atoms with E-state index in [2.05, 4.69) is 143 Å². The molecule has 0 bridgehead atoms. The summed E-state index contributed by atoms with van der Waals surface area (Å²) in [5, 5.41) is 18.0. The quantitative estimate of drug-likeness (QED) is 0.0891. The molecule has 327 valence electrons. The molecule has 6 aromatic rings. The van der Waals surface area contributed by atoms with Crippen LogP contribution in [0.2, 0.25) is 0 Å². The number of fused-ring (bicyclic) bond motifs is 7. The molecule has 1 radical (unpaired) electrons. The van der Waals surface area contributed by atoms with E-state index in [1.54, 1.807) is 5.56 Å². The van der Waals surface area contributed by atoms with E-state index in [0.29, 0.717) is 17.7 Å². The molecule has 4 aromatic carbocycles. The number of rotatable bonds is 9. The second kappa shape index (κ2) is 19.2. The molecule has 8 rings (SSSR count). The van der Waals surface area contributed by atoms with E-state index in [1.165, 1.54) is 92.4 Å². The van der Waals surface area contributed by atoms with Crippen LogP contribution >= 0.6 is 11.3 Å². The Kier molecular flexibility index (Phi) is 14.8. The predicted octanol–water partition coefficient (Wildman–Crippen LogP) is 16.9. The van der Waals surface area contributed by atoms with Gasteiger partial charge in [0.2, 0.25) is 0 Å². The minimum Gasteiger partial charge on any atom is -0.512 e. The Hall–Kier alpha value is -3.37. The van der Waals surface area contributed by atoms with Gasteiger partial charge in [0.05, 0.1) is 11.8 Å². The normalized spacial score (nSPS) is 17.2. The largest absolute Gasteiger partial charge is 0.512 e. The molecule has 2 aromatic heterocycles. The molecule has 2 aliphatic rings. The van der Waals surface area contributed by atoms with Gasteiger partial charge in [-0.1, -0.05) is 143 Å². The molecule has 0 saturated heterocycles. The first-order valence-electron chi connectivity index (χ1n) is 23.3. The minimum atomic E-state index is 0.